The van der Waals surface area contributed by atoms with Crippen LogP contribution >= 0.6 is 0 Å². The monoisotopic (exact) mass is 425 g/mol. The van der Waals surface area contributed by atoms with E-state index in [4.69, 9.17) is 19.7 Å². The molecule has 0 aromatic carbocycles. The zero-order valence-corrected chi connectivity index (χ0v) is 15.1. The van der Waals surface area contributed by atoms with Crippen molar-refractivity contribution in [3.63, 3.8) is 0 Å². The minimum Gasteiger partial charge on any atom is -0.394 e. The van der Waals surface area contributed by atoms with E-state index in [1.165, 1.54) is 0 Å². The Kier molecular flexibility index (Phi) is 7.17. The second-order valence-corrected chi connectivity index (χ2v) is 6.72. The highest BCUT2D eigenvalue weighted by Crippen LogP contribution is 2.41. The molecule has 8 N–H and O–H groups in total. The van der Waals surface area contributed by atoms with Crippen molar-refractivity contribution in [2.75, 3.05) is 13.2 Å². The van der Waals surface area contributed by atoms with Crippen LogP contribution in [0.5, 0.6) is 0 Å². The summed E-state index contributed by atoms with van der Waals surface area (Å²) < 4.78 is 15.4. The quantitative estimate of drug-likeness (QED) is 0.113. The topological polar surface area (TPSA) is 255 Å². The van der Waals surface area contributed by atoms with Crippen LogP contribution < -0.4 is 0 Å². The largest absolute Gasteiger partial charge is 0.394 e. The molecule has 2 aliphatic heterocycles. The molecule has 0 bridgehead atoms. The maximum atomic E-state index is 12.1. The van der Waals surface area contributed by atoms with Crippen LogP contribution in [-0.2, 0) is 19.0 Å². The zero-order valence-electron chi connectivity index (χ0n) is 15.1. The van der Waals surface area contributed by atoms with Crippen molar-refractivity contribution in [1.29, 1.82) is 0 Å². The summed E-state index contributed by atoms with van der Waals surface area (Å²) in [6.07, 6.45) is -16.0. The molecule has 29 heavy (non-hydrogen) atoms. The Morgan fingerprint density at radius 3 is 2.21 bits per heavy atom. The minimum absolute atomic E-state index is 0.875. The van der Waals surface area contributed by atoms with Crippen LogP contribution in [0, 0.1) is 0 Å². The Labute approximate surface area is 162 Å². The lowest BCUT2D eigenvalue weighted by atomic mass is 9.83. The first-order chi connectivity index (χ1) is 13.5. The van der Waals surface area contributed by atoms with Gasteiger partial charge in [-0.1, -0.05) is 0 Å². The standard InChI is InChI=1S/C14H23N3O12/c1-4(20)13(3-19)10(24)8(23)11(25)14(29-13,16-17-15)28-9-5(2-18)27-12(26)7(22)6(9)21/h5-12,18-19,21-26H,2-3H2,1H3/t5-,6-,7-,8+,9-,10-,11-,12-,13+,14+/m1/s1. The van der Waals surface area contributed by atoms with Crippen molar-refractivity contribution in [3.05, 3.63) is 10.4 Å². The lowest BCUT2D eigenvalue weighted by molar-refractivity contribution is -0.413. The van der Waals surface area contributed by atoms with Crippen molar-refractivity contribution in [1.82, 2.24) is 0 Å². The average Bonchev–Trinajstić information content (AvgIpc) is 2.69. The first-order valence-electron chi connectivity index (χ1n) is 8.42. The molecular weight excluding hydrogens is 402 g/mol. The maximum Gasteiger partial charge on any atom is 0.280 e. The summed E-state index contributed by atoms with van der Waals surface area (Å²) in [6, 6.07) is 0. The van der Waals surface area contributed by atoms with Gasteiger partial charge in [0.1, 0.15) is 42.7 Å². The molecule has 0 aromatic rings. The summed E-state index contributed by atoms with van der Waals surface area (Å²) in [6.45, 7) is -1.25. The summed E-state index contributed by atoms with van der Waals surface area (Å²) in [5.74, 6) is -4.05. The van der Waals surface area contributed by atoms with Crippen molar-refractivity contribution < 1.29 is 59.9 Å². The Bertz CT molecular complexity index is 660. The number of azide groups is 1. The van der Waals surface area contributed by atoms with E-state index >= 15 is 0 Å². The summed E-state index contributed by atoms with van der Waals surface area (Å²) in [5.41, 5.74) is 6.31. The van der Waals surface area contributed by atoms with Gasteiger partial charge in [-0.2, -0.15) is 0 Å². The number of Topliss-reactive ketones (excluding diaryl/α,β-unsaturated/α-hetero) is 1. The van der Waals surface area contributed by atoms with Gasteiger partial charge >= 0.3 is 0 Å². The average molecular weight is 425 g/mol. The zero-order chi connectivity index (χ0) is 22.1. The molecule has 2 heterocycles. The molecule has 0 aliphatic carbocycles. The van der Waals surface area contributed by atoms with E-state index in [0.29, 0.717) is 0 Å². The number of aliphatic hydroxyl groups is 8. The molecule has 2 fully saturated rings. The molecule has 0 amide bonds. The van der Waals surface area contributed by atoms with Gasteiger partial charge < -0.3 is 55.1 Å². The number of carbonyl (C=O) groups excluding carboxylic acids is 1. The number of ketones is 1. The van der Waals surface area contributed by atoms with Crippen molar-refractivity contribution in [2.45, 2.75) is 67.5 Å². The third-order valence-corrected chi connectivity index (χ3v) is 4.99. The third-order valence-electron chi connectivity index (χ3n) is 4.99. The molecule has 15 nitrogen and oxygen atoms in total. The molecule has 2 saturated heterocycles. The molecule has 2 rings (SSSR count). The van der Waals surface area contributed by atoms with Crippen molar-refractivity contribution in [3.8, 4) is 0 Å². The van der Waals surface area contributed by atoms with Crippen LogP contribution in [0.15, 0.2) is 5.11 Å². The van der Waals surface area contributed by atoms with Crippen LogP contribution in [0.4, 0.5) is 0 Å². The summed E-state index contributed by atoms with van der Waals surface area (Å²) in [7, 11) is 0. The Hall–Kier alpha value is -1.46. The van der Waals surface area contributed by atoms with Crippen LogP contribution in [0.2, 0.25) is 0 Å². The molecule has 0 spiro atoms. The number of carbonyl (C=O) groups is 1. The lowest BCUT2D eigenvalue weighted by Crippen LogP contribution is -2.74. The summed E-state index contributed by atoms with van der Waals surface area (Å²) in [5, 5.41) is 82.5. The predicted molar refractivity (Wildman–Crippen MR) is 86.3 cm³/mol. The van der Waals surface area contributed by atoms with E-state index in [-0.39, 0.29) is 0 Å². The highest BCUT2D eigenvalue weighted by atomic mass is 16.8. The third kappa shape index (κ3) is 3.84. The maximum absolute atomic E-state index is 12.1. The first-order valence-corrected chi connectivity index (χ1v) is 8.42. The number of nitrogens with zero attached hydrogens (tertiary/aromatic N) is 3. The SMILES string of the molecule is CC(=O)[C@]1(CO)O[C@@](N=[N+]=[N-])(O[C@H]2[C@H](O)[C@@H](O)[C@H](O)O[C@@H]2CO)[C@H](O)[C@@H](O)[C@H]1O. The van der Waals surface area contributed by atoms with Gasteiger partial charge in [-0.25, -0.2) is 0 Å². The van der Waals surface area contributed by atoms with E-state index in [9.17, 15) is 45.6 Å². The van der Waals surface area contributed by atoms with E-state index in [0.717, 1.165) is 6.92 Å². The van der Waals surface area contributed by atoms with Gasteiger partial charge in [-0.15, -0.1) is 0 Å². The normalized spacial score (nSPS) is 48.0. The van der Waals surface area contributed by atoms with Gasteiger partial charge in [0.2, 0.25) is 0 Å². The molecule has 0 aromatic heterocycles. The van der Waals surface area contributed by atoms with Crippen LogP contribution in [0.25, 0.3) is 10.4 Å². The Balaban J connectivity index is 2.53. The molecule has 166 valence electrons. The Morgan fingerprint density at radius 1 is 1.10 bits per heavy atom. The molecule has 10 atom stereocenters. The van der Waals surface area contributed by atoms with Gasteiger partial charge in [0, 0.05) is 4.91 Å². The highest BCUT2D eigenvalue weighted by Gasteiger charge is 2.65. The van der Waals surface area contributed by atoms with Crippen molar-refractivity contribution in [2.24, 2.45) is 5.11 Å². The van der Waals surface area contributed by atoms with E-state index in [1.807, 2.05) is 0 Å². The van der Waals surface area contributed by atoms with Gasteiger partial charge in [-0.05, 0) is 17.6 Å². The molecule has 15 heteroatoms. The fourth-order valence-corrected chi connectivity index (χ4v) is 3.23. The van der Waals surface area contributed by atoms with Crippen LogP contribution in [0.3, 0.4) is 0 Å². The Morgan fingerprint density at radius 2 is 1.72 bits per heavy atom. The lowest BCUT2D eigenvalue weighted by Gasteiger charge is -2.52. The van der Waals surface area contributed by atoms with E-state index < -0.39 is 79.5 Å². The number of rotatable bonds is 6. The molecular formula is C14H23N3O12. The number of aliphatic hydroxyl groups excluding tert-OH is 8. The summed E-state index contributed by atoms with van der Waals surface area (Å²) >= 11 is 0. The minimum atomic E-state index is -3.02. The second kappa shape index (κ2) is 8.73. The number of ether oxygens (including phenoxy) is 3. The smallest absolute Gasteiger partial charge is 0.280 e. The van der Waals surface area contributed by atoms with Crippen LogP contribution in [0.1, 0.15) is 6.92 Å². The molecule has 0 unspecified atom stereocenters. The fraction of sp³-hybridized carbons (Fsp3) is 0.929. The van der Waals surface area contributed by atoms with Gasteiger partial charge in [0.25, 0.3) is 5.91 Å². The predicted octanol–water partition coefficient (Wildman–Crippen LogP) is -4.80. The van der Waals surface area contributed by atoms with Crippen molar-refractivity contribution >= 4 is 5.78 Å². The molecule has 2 aliphatic rings. The molecule has 0 radical (unpaired) electrons. The van der Waals surface area contributed by atoms with E-state index in [2.05, 4.69) is 10.0 Å². The van der Waals surface area contributed by atoms with Gasteiger partial charge in [0.05, 0.1) is 13.2 Å². The molecule has 0 saturated carbocycles. The fourth-order valence-electron chi connectivity index (χ4n) is 3.23. The number of hydrogen-bond acceptors (Lipinski definition) is 13. The summed E-state index contributed by atoms with van der Waals surface area (Å²) in [4.78, 5) is 14.5. The highest BCUT2D eigenvalue weighted by molar-refractivity contribution is 5.86. The van der Waals surface area contributed by atoms with E-state index in [1.54, 1.807) is 0 Å². The first kappa shape index (κ1) is 23.8. The number of hydrogen-bond donors (Lipinski definition) is 8. The van der Waals surface area contributed by atoms with Gasteiger partial charge in [-0.3, -0.25) is 4.79 Å². The van der Waals surface area contributed by atoms with Crippen LogP contribution in [-0.4, -0.2) is 120 Å². The second-order valence-electron chi connectivity index (χ2n) is 6.72. The van der Waals surface area contributed by atoms with Gasteiger partial charge in [0.15, 0.2) is 17.7 Å².